The van der Waals surface area contributed by atoms with Crippen LogP contribution in [0.5, 0.6) is 0 Å². The van der Waals surface area contributed by atoms with Crippen molar-refractivity contribution in [2.45, 2.75) is 96.3 Å². The normalized spacial score (nSPS) is 28.3. The first kappa shape index (κ1) is 21.4. The van der Waals surface area contributed by atoms with Crippen LogP contribution in [0, 0.1) is 5.92 Å². The average Bonchev–Trinajstić information content (AvgIpc) is 3.26. The van der Waals surface area contributed by atoms with Gasteiger partial charge in [-0.1, -0.05) is 54.9 Å². The minimum atomic E-state index is -1.70. The molecule has 1 aliphatic heterocycles. The molecule has 25 heavy (non-hydrogen) atoms. The van der Waals surface area contributed by atoms with Crippen molar-refractivity contribution in [2.24, 2.45) is 5.92 Å². The molecular weight excluding hydrogens is 326 g/mol. The van der Waals surface area contributed by atoms with Crippen LogP contribution in [0.25, 0.3) is 0 Å². The van der Waals surface area contributed by atoms with Gasteiger partial charge in [0.15, 0.2) is 8.32 Å². The lowest BCUT2D eigenvalue weighted by Crippen LogP contribution is -2.48. The molecule has 148 valence electrons. The summed E-state index contributed by atoms with van der Waals surface area (Å²) < 4.78 is 12.4. The molecule has 2 rings (SSSR count). The van der Waals surface area contributed by atoms with Gasteiger partial charge in [0.25, 0.3) is 0 Å². The molecule has 2 aliphatic rings. The van der Waals surface area contributed by atoms with E-state index in [4.69, 9.17) is 9.16 Å². The maximum absolute atomic E-state index is 6.82. The average molecular weight is 370 g/mol. The number of rotatable bonds is 10. The van der Waals surface area contributed by atoms with Crippen LogP contribution in [-0.2, 0) is 9.16 Å². The quantitative estimate of drug-likeness (QED) is 0.477. The van der Waals surface area contributed by atoms with E-state index < -0.39 is 8.32 Å². The van der Waals surface area contributed by atoms with Crippen LogP contribution in [0.2, 0.25) is 16.6 Å². The maximum atomic E-state index is 6.82. The van der Waals surface area contributed by atoms with Gasteiger partial charge in [0.05, 0.1) is 13.2 Å². The third-order valence-corrected chi connectivity index (χ3v) is 13.2. The van der Waals surface area contributed by atoms with Gasteiger partial charge in [-0.15, -0.1) is 0 Å². The van der Waals surface area contributed by atoms with Crippen LogP contribution in [0.4, 0.5) is 0 Å². The van der Waals surface area contributed by atoms with Crippen molar-refractivity contribution in [1.29, 1.82) is 0 Å². The Bertz CT molecular complexity index is 385. The van der Waals surface area contributed by atoms with E-state index in [1.807, 2.05) is 0 Å². The molecule has 2 fully saturated rings. The number of hydrogen-bond donors (Lipinski definition) is 0. The van der Waals surface area contributed by atoms with Crippen LogP contribution in [0.15, 0.2) is 0 Å². The number of morpholine rings is 1. The highest BCUT2D eigenvalue weighted by Crippen LogP contribution is 2.54. The Morgan fingerprint density at radius 1 is 1.04 bits per heavy atom. The molecule has 1 saturated carbocycles. The molecule has 0 N–H and O–H groups in total. The first-order valence-corrected chi connectivity index (χ1v) is 12.9. The first-order valence-electron chi connectivity index (χ1n) is 10.8. The lowest BCUT2D eigenvalue weighted by atomic mass is 10.0. The summed E-state index contributed by atoms with van der Waals surface area (Å²) in [5.74, 6) is 0.837. The van der Waals surface area contributed by atoms with Crippen molar-refractivity contribution in [1.82, 2.24) is 4.90 Å². The summed E-state index contributed by atoms with van der Waals surface area (Å²) in [4.78, 5) is 2.74. The molecule has 1 aliphatic carbocycles. The highest BCUT2D eigenvalue weighted by molar-refractivity contribution is 6.77. The van der Waals surface area contributed by atoms with E-state index in [1.165, 1.54) is 25.7 Å². The van der Waals surface area contributed by atoms with E-state index in [0.29, 0.717) is 22.2 Å². The predicted octanol–water partition coefficient (Wildman–Crippen LogP) is 5.46. The smallest absolute Gasteiger partial charge is 0.200 e. The second kappa shape index (κ2) is 8.86. The van der Waals surface area contributed by atoms with Crippen molar-refractivity contribution in [3.05, 3.63) is 0 Å². The number of ether oxygens (including phenoxy) is 1. The zero-order valence-corrected chi connectivity index (χ0v) is 18.9. The Kier molecular flexibility index (Phi) is 7.58. The van der Waals surface area contributed by atoms with Gasteiger partial charge in [-0.25, -0.2) is 0 Å². The van der Waals surface area contributed by atoms with E-state index >= 15 is 0 Å². The minimum Gasteiger partial charge on any atom is -0.416 e. The summed E-state index contributed by atoms with van der Waals surface area (Å²) in [5, 5.41) is 0. The van der Waals surface area contributed by atoms with Crippen molar-refractivity contribution in [3.63, 3.8) is 0 Å². The lowest BCUT2D eigenvalue weighted by molar-refractivity contribution is 0.00179. The zero-order valence-electron chi connectivity index (χ0n) is 17.9. The molecule has 3 nitrogen and oxygen atoms in total. The van der Waals surface area contributed by atoms with Crippen LogP contribution < -0.4 is 0 Å². The highest BCUT2D eigenvalue weighted by atomic mass is 28.4. The van der Waals surface area contributed by atoms with Gasteiger partial charge >= 0.3 is 0 Å². The van der Waals surface area contributed by atoms with Crippen LogP contribution in [0.1, 0.15) is 74.1 Å². The van der Waals surface area contributed by atoms with Gasteiger partial charge in [0.1, 0.15) is 0 Å². The van der Waals surface area contributed by atoms with Gasteiger partial charge in [-0.3, -0.25) is 4.90 Å². The second-order valence-electron chi connectivity index (χ2n) is 9.31. The Morgan fingerprint density at radius 2 is 1.60 bits per heavy atom. The van der Waals surface area contributed by atoms with Crippen LogP contribution in [0.3, 0.4) is 0 Å². The maximum Gasteiger partial charge on any atom is 0.200 e. The molecule has 0 aromatic carbocycles. The Labute approximate surface area is 158 Å². The third-order valence-electron chi connectivity index (χ3n) is 7.05. The topological polar surface area (TPSA) is 21.7 Å². The standard InChI is InChI=1S/C21H43NO2Si/c1-8-10-21(22-11-14-23-15-12-22)16-20(21)9-13-24-25(17(2)3,18(4)5)19(6)7/h17-20H,8-16H2,1-7H3/t20-,21+/m1/s1. The fraction of sp³-hybridized carbons (Fsp3) is 1.00. The fourth-order valence-electron chi connectivity index (χ4n) is 5.91. The van der Waals surface area contributed by atoms with Gasteiger partial charge < -0.3 is 9.16 Å². The van der Waals surface area contributed by atoms with Crippen LogP contribution >= 0.6 is 0 Å². The molecule has 0 unspecified atom stereocenters. The second-order valence-corrected chi connectivity index (χ2v) is 14.8. The highest BCUT2D eigenvalue weighted by Gasteiger charge is 2.56. The Balaban J connectivity index is 1.94. The summed E-state index contributed by atoms with van der Waals surface area (Å²) in [6, 6.07) is 0. The van der Waals surface area contributed by atoms with Crippen LogP contribution in [-0.4, -0.2) is 51.7 Å². The van der Waals surface area contributed by atoms with Crippen molar-refractivity contribution in [2.75, 3.05) is 32.9 Å². The summed E-state index contributed by atoms with van der Waals surface area (Å²) in [5.41, 5.74) is 2.53. The monoisotopic (exact) mass is 369 g/mol. The molecule has 4 heteroatoms. The molecule has 1 saturated heterocycles. The Hall–Kier alpha value is 0.0969. The number of hydrogen-bond acceptors (Lipinski definition) is 3. The number of nitrogens with zero attached hydrogens (tertiary/aromatic N) is 1. The largest absolute Gasteiger partial charge is 0.416 e. The van der Waals surface area contributed by atoms with E-state index in [2.05, 4.69) is 53.4 Å². The molecule has 0 spiro atoms. The fourth-order valence-corrected chi connectivity index (χ4v) is 11.4. The van der Waals surface area contributed by atoms with E-state index in [-0.39, 0.29) is 0 Å². The molecule has 0 bridgehead atoms. The molecular formula is C21H43NO2Si. The molecule has 2 atom stereocenters. The molecule has 0 radical (unpaired) electrons. The van der Waals surface area contributed by atoms with Crippen molar-refractivity contribution < 1.29 is 9.16 Å². The van der Waals surface area contributed by atoms with E-state index in [1.54, 1.807) is 0 Å². The molecule has 1 heterocycles. The van der Waals surface area contributed by atoms with Gasteiger partial charge in [0, 0.05) is 25.2 Å². The first-order chi connectivity index (χ1) is 11.8. The van der Waals surface area contributed by atoms with Crippen molar-refractivity contribution >= 4 is 8.32 Å². The Morgan fingerprint density at radius 3 is 2.08 bits per heavy atom. The summed E-state index contributed by atoms with van der Waals surface area (Å²) in [6.45, 7) is 21.7. The lowest BCUT2D eigenvalue weighted by Gasteiger charge is -2.42. The summed E-state index contributed by atoms with van der Waals surface area (Å²) in [6.07, 6.45) is 5.26. The zero-order chi connectivity index (χ0) is 18.7. The summed E-state index contributed by atoms with van der Waals surface area (Å²) in [7, 11) is -1.70. The SMILES string of the molecule is CCC[C@]1(N2CCOCC2)C[C@H]1CCO[Si](C(C)C)(C(C)C)C(C)C. The molecule has 0 aromatic rings. The van der Waals surface area contributed by atoms with Gasteiger partial charge in [-0.05, 0) is 41.8 Å². The predicted molar refractivity (Wildman–Crippen MR) is 110 cm³/mol. The summed E-state index contributed by atoms with van der Waals surface area (Å²) >= 11 is 0. The van der Waals surface area contributed by atoms with Gasteiger partial charge in [0.2, 0.25) is 0 Å². The molecule has 0 amide bonds. The van der Waals surface area contributed by atoms with E-state index in [9.17, 15) is 0 Å². The van der Waals surface area contributed by atoms with Crippen molar-refractivity contribution in [3.8, 4) is 0 Å². The third kappa shape index (κ3) is 4.34. The van der Waals surface area contributed by atoms with Gasteiger partial charge in [-0.2, -0.15) is 0 Å². The van der Waals surface area contributed by atoms with E-state index in [0.717, 1.165) is 38.8 Å². The molecule has 0 aromatic heterocycles. The minimum absolute atomic E-state index is 0.472.